The van der Waals surface area contributed by atoms with Gasteiger partial charge in [-0.2, -0.15) is 66.7 Å². The van der Waals surface area contributed by atoms with Gasteiger partial charge in [-0.15, -0.1) is 0 Å². The second-order valence-electron chi connectivity index (χ2n) is 5.54. The van der Waals surface area contributed by atoms with E-state index in [1.165, 1.54) is 0 Å². The molecule has 28 heavy (non-hydrogen) atoms. The molecule has 1 amide bonds. The van der Waals surface area contributed by atoms with Crippen LogP contribution < -0.4 is 0 Å². The lowest BCUT2D eigenvalue weighted by Crippen LogP contribution is -2.70. The van der Waals surface area contributed by atoms with Gasteiger partial charge in [0.1, 0.15) is 13.6 Å². The zero-order valence-electron chi connectivity index (χ0n) is 13.5. The van der Waals surface area contributed by atoms with E-state index in [0.29, 0.717) is 14.2 Å². The number of hydroxylamine groups is 3. The van der Waals surface area contributed by atoms with Gasteiger partial charge < -0.3 is 5.11 Å². The van der Waals surface area contributed by atoms with Crippen molar-refractivity contribution in [1.82, 2.24) is 0 Å². The van der Waals surface area contributed by atoms with E-state index in [9.17, 15) is 61.9 Å². The van der Waals surface area contributed by atoms with Crippen LogP contribution in [0.25, 0.3) is 0 Å². The minimum Gasteiger partial charge on any atom is -0.433 e. The maximum atomic E-state index is 13.5. The van der Waals surface area contributed by atoms with Crippen molar-refractivity contribution in [1.29, 1.82) is 0 Å². The van der Waals surface area contributed by atoms with Crippen LogP contribution >= 0.6 is 0 Å². The van der Waals surface area contributed by atoms with Crippen LogP contribution in [0.3, 0.4) is 0 Å². The summed E-state index contributed by atoms with van der Waals surface area (Å²) in [6, 6.07) is 0. The highest BCUT2D eigenvalue weighted by molar-refractivity contribution is 5.55. The number of halogens is 13. The monoisotopic (exact) mass is 452 g/mol. The molecular weight excluding hydrogens is 441 g/mol. The quantitative estimate of drug-likeness (QED) is 0.327. The first-order valence-electron chi connectivity index (χ1n) is 6.57. The molecule has 1 atom stereocenters. The molecule has 4 nitrogen and oxygen atoms in total. The Morgan fingerprint density at radius 3 is 1.43 bits per heavy atom. The van der Waals surface area contributed by atoms with Crippen LogP contribution in [0.2, 0.25) is 0 Å². The summed E-state index contributed by atoms with van der Waals surface area (Å²) >= 11 is 0. The molecule has 0 aliphatic rings. The van der Waals surface area contributed by atoms with Gasteiger partial charge in [0.15, 0.2) is 0 Å². The Bertz CT molecular complexity index is 589. The first-order chi connectivity index (χ1) is 12.0. The molecule has 168 valence electrons. The number of rotatable bonds is 8. The highest BCUT2D eigenvalue weighted by Gasteiger charge is 2.90. The zero-order valence-corrected chi connectivity index (χ0v) is 13.5. The number of carboxylic acid groups (broad SMARTS) is 1. The van der Waals surface area contributed by atoms with Gasteiger partial charge >= 0.3 is 41.9 Å². The van der Waals surface area contributed by atoms with Crippen molar-refractivity contribution in [2.75, 3.05) is 20.7 Å². The predicted molar refractivity (Wildman–Crippen MR) is 61.5 cm³/mol. The fourth-order valence-electron chi connectivity index (χ4n) is 1.58. The zero-order chi connectivity index (χ0) is 23.2. The maximum Gasteiger partial charge on any atom is 0.546 e. The summed E-state index contributed by atoms with van der Waals surface area (Å²) < 4.78 is 165. The van der Waals surface area contributed by atoms with E-state index in [4.69, 9.17) is 5.11 Å². The SMILES string of the molecule is CO[N+](C)(CCC(F)(F)C(F)(F)C(F)(F)C(F)(F)C(F)(F)C(F)(F)F)C(=O)O. The Morgan fingerprint density at radius 2 is 1.14 bits per heavy atom. The highest BCUT2D eigenvalue weighted by Crippen LogP contribution is 2.60. The molecule has 0 fully saturated rings. The molecule has 1 N–H and O–H groups in total. The Morgan fingerprint density at radius 1 is 0.786 bits per heavy atom. The first-order valence-corrected chi connectivity index (χ1v) is 6.57. The Hall–Kier alpha value is -1.52. The minimum absolute atomic E-state index is 0.432. The van der Waals surface area contributed by atoms with Crippen molar-refractivity contribution in [2.24, 2.45) is 0 Å². The molecule has 0 aromatic rings. The molecule has 1 unspecified atom stereocenters. The molecule has 0 aromatic heterocycles. The second-order valence-corrected chi connectivity index (χ2v) is 5.54. The predicted octanol–water partition coefficient (Wildman–Crippen LogP) is 4.80. The summed E-state index contributed by atoms with van der Waals surface area (Å²) in [4.78, 5) is 14.9. The molecule has 0 aliphatic heterocycles. The summed E-state index contributed by atoms with van der Waals surface area (Å²) in [6.07, 6.45) is -12.3. The van der Waals surface area contributed by atoms with Crippen molar-refractivity contribution >= 4 is 6.09 Å². The fourth-order valence-corrected chi connectivity index (χ4v) is 1.58. The Kier molecular flexibility index (Phi) is 6.68. The van der Waals surface area contributed by atoms with E-state index in [-0.39, 0.29) is 0 Å². The molecule has 0 spiro atoms. The molecule has 0 aromatic carbocycles. The van der Waals surface area contributed by atoms with Crippen LogP contribution in [0.4, 0.5) is 61.9 Å². The second kappa shape index (κ2) is 7.07. The highest BCUT2D eigenvalue weighted by atomic mass is 19.4. The number of alkyl halides is 13. The van der Waals surface area contributed by atoms with E-state index in [0.717, 1.165) is 0 Å². The smallest absolute Gasteiger partial charge is 0.433 e. The van der Waals surface area contributed by atoms with Crippen molar-refractivity contribution < 1.29 is 76.5 Å². The average Bonchev–Trinajstić information content (AvgIpc) is 2.50. The van der Waals surface area contributed by atoms with Crippen molar-refractivity contribution in [2.45, 2.75) is 42.2 Å². The molecule has 0 radical (unpaired) electrons. The number of carbonyl (C=O) groups is 1. The topological polar surface area (TPSA) is 46.5 Å². The first kappa shape index (κ1) is 26.5. The summed E-state index contributed by atoms with van der Waals surface area (Å²) in [6.45, 7) is -1.79. The van der Waals surface area contributed by atoms with Crippen LogP contribution in [-0.2, 0) is 4.84 Å². The van der Waals surface area contributed by atoms with Crippen molar-refractivity contribution in [3.63, 3.8) is 0 Å². The fraction of sp³-hybridized carbons (Fsp3) is 0.909. The molecule has 0 aliphatic carbocycles. The lowest BCUT2D eigenvalue weighted by atomic mass is 9.92. The normalized spacial score (nSPS) is 17.4. The molecule has 0 heterocycles. The van der Waals surface area contributed by atoms with Crippen LogP contribution in [-0.4, -0.2) is 72.3 Å². The van der Waals surface area contributed by atoms with Crippen LogP contribution in [0, 0.1) is 0 Å². The minimum atomic E-state index is -7.99. The van der Waals surface area contributed by atoms with E-state index in [1.54, 1.807) is 0 Å². The summed E-state index contributed by atoms with van der Waals surface area (Å²) in [5.74, 6) is -37.5. The van der Waals surface area contributed by atoms with Crippen LogP contribution in [0.5, 0.6) is 0 Å². The van der Waals surface area contributed by atoms with Gasteiger partial charge in [-0.05, 0) is 0 Å². The number of nitrogens with zero attached hydrogens (tertiary/aromatic N) is 1. The molecule has 0 saturated carbocycles. The van der Waals surface area contributed by atoms with Crippen LogP contribution in [0.15, 0.2) is 0 Å². The van der Waals surface area contributed by atoms with Gasteiger partial charge in [0.25, 0.3) is 0 Å². The largest absolute Gasteiger partial charge is 0.546 e. The summed E-state index contributed by atoms with van der Waals surface area (Å²) in [5, 5.41) is 8.64. The van der Waals surface area contributed by atoms with Gasteiger partial charge in [-0.1, -0.05) is 4.65 Å². The van der Waals surface area contributed by atoms with Crippen molar-refractivity contribution in [3.8, 4) is 0 Å². The Balaban J connectivity index is 6.09. The average molecular weight is 452 g/mol. The summed E-state index contributed by atoms with van der Waals surface area (Å²) in [5.41, 5.74) is 0. The van der Waals surface area contributed by atoms with E-state index in [2.05, 4.69) is 4.84 Å². The molecular formula is C11H11F13NO3+. The Labute approximate surface area is 147 Å². The summed E-state index contributed by atoms with van der Waals surface area (Å²) in [7, 11) is 0.970. The van der Waals surface area contributed by atoms with Crippen LogP contribution in [0.1, 0.15) is 6.42 Å². The van der Waals surface area contributed by atoms with Gasteiger partial charge in [-0.3, -0.25) is 0 Å². The lowest BCUT2D eigenvalue weighted by Gasteiger charge is -2.40. The molecule has 0 rings (SSSR count). The molecule has 17 heteroatoms. The molecule has 0 bridgehead atoms. The third-order valence-electron chi connectivity index (χ3n) is 3.66. The number of hydrogen-bond acceptors (Lipinski definition) is 2. The molecule has 0 saturated heterocycles. The third-order valence-corrected chi connectivity index (χ3v) is 3.66. The lowest BCUT2D eigenvalue weighted by molar-refractivity contribution is -1.03. The van der Waals surface area contributed by atoms with Gasteiger partial charge in [-0.25, -0.2) is 0 Å². The van der Waals surface area contributed by atoms with E-state index in [1.807, 2.05) is 0 Å². The van der Waals surface area contributed by atoms with Gasteiger partial charge in [0.05, 0.1) is 13.5 Å². The number of amides is 1. The van der Waals surface area contributed by atoms with E-state index < -0.39 is 59.5 Å². The van der Waals surface area contributed by atoms with Gasteiger partial charge in [0, 0.05) is 0 Å². The maximum absolute atomic E-state index is 13.5. The van der Waals surface area contributed by atoms with Gasteiger partial charge in [0.2, 0.25) is 0 Å². The van der Waals surface area contributed by atoms with Crippen molar-refractivity contribution in [3.05, 3.63) is 0 Å². The number of quaternary nitrogens is 1. The standard InChI is InChI=1S/C11H10F13NO3/c1-25(28-2,5(26)27)4-3-6(12,13)7(14,15)8(16,17)9(18,19)10(20,21)11(22,23)24/h3-4H2,1-2H3/p+1. The van der Waals surface area contributed by atoms with E-state index >= 15 is 0 Å². The third kappa shape index (κ3) is 3.81. The number of hydrogen-bond donors (Lipinski definition) is 1.